The number of aromatic nitrogens is 2. The van der Waals surface area contributed by atoms with Crippen LogP contribution in [0.25, 0.3) is 33.2 Å². The molecule has 0 saturated carbocycles. The van der Waals surface area contributed by atoms with E-state index in [1.54, 1.807) is 19.2 Å². The van der Waals surface area contributed by atoms with Crippen molar-refractivity contribution < 1.29 is 28.1 Å². The summed E-state index contributed by atoms with van der Waals surface area (Å²) < 4.78 is 34.1. The number of hydrogen-bond donors (Lipinski definition) is 0. The molecular weight excluding hydrogens is 452 g/mol. The predicted molar refractivity (Wildman–Crippen MR) is 130 cm³/mol. The SMILES string of the molecule is C=C(C)[C@H]1Cc2c(ccc(-c3nc(OC)nc(=O)c4oc5cc(OC)c(OC)cc5c34)c2OC)O1. The van der Waals surface area contributed by atoms with Crippen molar-refractivity contribution in [3.05, 3.63) is 52.3 Å². The van der Waals surface area contributed by atoms with Crippen LogP contribution in [0, 0.1) is 0 Å². The molecule has 0 radical (unpaired) electrons. The zero-order chi connectivity index (χ0) is 24.9. The van der Waals surface area contributed by atoms with Gasteiger partial charge in [-0.1, -0.05) is 6.58 Å². The Balaban J connectivity index is 1.90. The largest absolute Gasteiger partial charge is 0.496 e. The van der Waals surface area contributed by atoms with E-state index in [0.29, 0.717) is 57.0 Å². The third kappa shape index (κ3) is 3.51. The second-order valence-electron chi connectivity index (χ2n) is 8.15. The van der Waals surface area contributed by atoms with E-state index < -0.39 is 5.56 Å². The topological polar surface area (TPSA) is 102 Å². The molecular formula is C26H24N2O7. The Hall–Kier alpha value is -4.27. The summed E-state index contributed by atoms with van der Waals surface area (Å²) in [6.07, 6.45) is 0.452. The molecule has 0 unspecified atom stereocenters. The highest BCUT2D eigenvalue weighted by Gasteiger charge is 2.30. The Bertz CT molecular complexity index is 1560. The van der Waals surface area contributed by atoms with Crippen molar-refractivity contribution >= 4 is 21.9 Å². The van der Waals surface area contributed by atoms with Gasteiger partial charge in [-0.25, -0.2) is 0 Å². The minimum atomic E-state index is -0.615. The molecule has 0 spiro atoms. The highest BCUT2D eigenvalue weighted by atomic mass is 16.5. The molecule has 0 fully saturated rings. The monoisotopic (exact) mass is 476 g/mol. The summed E-state index contributed by atoms with van der Waals surface area (Å²) in [5.41, 5.74) is 2.69. The summed E-state index contributed by atoms with van der Waals surface area (Å²) in [4.78, 5) is 21.6. The van der Waals surface area contributed by atoms with Crippen LogP contribution in [0.2, 0.25) is 0 Å². The molecule has 1 atom stereocenters. The molecule has 180 valence electrons. The number of rotatable bonds is 6. The van der Waals surface area contributed by atoms with Gasteiger partial charge in [0, 0.05) is 29.0 Å². The average Bonchev–Trinajstić information content (AvgIpc) is 3.43. The van der Waals surface area contributed by atoms with Gasteiger partial charge >= 0.3 is 11.6 Å². The van der Waals surface area contributed by atoms with Gasteiger partial charge in [-0.2, -0.15) is 9.97 Å². The van der Waals surface area contributed by atoms with E-state index in [0.717, 1.165) is 11.1 Å². The molecule has 1 aliphatic heterocycles. The van der Waals surface area contributed by atoms with Gasteiger partial charge in [0.25, 0.3) is 0 Å². The van der Waals surface area contributed by atoms with E-state index in [-0.39, 0.29) is 17.7 Å². The van der Waals surface area contributed by atoms with E-state index in [1.807, 2.05) is 19.1 Å². The third-order valence-corrected chi connectivity index (χ3v) is 6.10. The van der Waals surface area contributed by atoms with E-state index in [1.165, 1.54) is 21.3 Å². The van der Waals surface area contributed by atoms with Crippen LogP contribution in [-0.4, -0.2) is 44.5 Å². The first-order valence-electron chi connectivity index (χ1n) is 10.9. The first-order valence-corrected chi connectivity index (χ1v) is 10.9. The molecule has 0 saturated heterocycles. The maximum Gasteiger partial charge on any atom is 0.320 e. The Morgan fingerprint density at radius 3 is 2.43 bits per heavy atom. The molecule has 0 aliphatic carbocycles. The van der Waals surface area contributed by atoms with Crippen molar-refractivity contribution in [3.63, 3.8) is 0 Å². The van der Waals surface area contributed by atoms with Crippen LogP contribution >= 0.6 is 0 Å². The quantitative estimate of drug-likeness (QED) is 0.377. The first kappa shape index (κ1) is 22.5. The molecule has 2 aromatic heterocycles. The number of ether oxygens (including phenoxy) is 5. The molecule has 4 aromatic rings. The molecule has 0 bridgehead atoms. The molecule has 0 N–H and O–H groups in total. The number of fused-ring (bicyclic) bond motifs is 4. The third-order valence-electron chi connectivity index (χ3n) is 6.10. The molecule has 2 aromatic carbocycles. The minimum Gasteiger partial charge on any atom is -0.496 e. The van der Waals surface area contributed by atoms with Gasteiger partial charge in [-0.15, -0.1) is 0 Å². The highest BCUT2D eigenvalue weighted by molar-refractivity contribution is 6.12. The minimum absolute atomic E-state index is 0.0275. The molecule has 9 heteroatoms. The van der Waals surface area contributed by atoms with Crippen LogP contribution < -0.4 is 29.2 Å². The summed E-state index contributed by atoms with van der Waals surface area (Å²) in [7, 11) is 6.05. The van der Waals surface area contributed by atoms with Crippen molar-refractivity contribution in [3.8, 4) is 40.3 Å². The van der Waals surface area contributed by atoms with Crippen LogP contribution in [0.5, 0.6) is 29.0 Å². The van der Waals surface area contributed by atoms with Crippen molar-refractivity contribution in [2.75, 3.05) is 28.4 Å². The fourth-order valence-corrected chi connectivity index (χ4v) is 4.40. The highest BCUT2D eigenvalue weighted by Crippen LogP contribution is 2.46. The fourth-order valence-electron chi connectivity index (χ4n) is 4.40. The van der Waals surface area contributed by atoms with Gasteiger partial charge in [0.1, 0.15) is 23.2 Å². The second-order valence-corrected chi connectivity index (χ2v) is 8.15. The molecule has 1 aliphatic rings. The van der Waals surface area contributed by atoms with E-state index in [9.17, 15) is 4.79 Å². The number of benzene rings is 2. The summed E-state index contributed by atoms with van der Waals surface area (Å²) in [5, 5.41) is 1.06. The van der Waals surface area contributed by atoms with E-state index in [2.05, 4.69) is 16.5 Å². The van der Waals surface area contributed by atoms with Gasteiger partial charge in [-0.3, -0.25) is 4.79 Å². The fraction of sp³-hybridized carbons (Fsp3) is 0.269. The van der Waals surface area contributed by atoms with E-state index >= 15 is 0 Å². The number of hydrogen-bond acceptors (Lipinski definition) is 9. The molecule has 5 rings (SSSR count). The number of methoxy groups -OCH3 is 4. The maximum atomic E-state index is 13.0. The standard InChI is InChI=1S/C26H24N2O7/c1-12(2)17-10-15-16(34-17)8-7-13(23(15)32-5)22-21-14-9-19(30-3)20(31-4)11-18(14)35-24(21)25(29)28-26(27-22)33-6/h7-9,11,17H,1,10H2,2-6H3/t17-/m1/s1. The lowest BCUT2D eigenvalue weighted by atomic mass is 9.98. The lowest BCUT2D eigenvalue weighted by molar-refractivity contribution is 0.271. The average molecular weight is 476 g/mol. The number of furan rings is 1. The van der Waals surface area contributed by atoms with Crippen LogP contribution in [0.1, 0.15) is 12.5 Å². The predicted octanol–water partition coefficient (Wildman–Crippen LogP) is 4.32. The summed E-state index contributed by atoms with van der Waals surface area (Å²) in [6.45, 7) is 5.95. The summed E-state index contributed by atoms with van der Waals surface area (Å²) in [6, 6.07) is 7.02. The van der Waals surface area contributed by atoms with Gasteiger partial charge in [-0.05, 0) is 30.7 Å². The Kier molecular flexibility index (Phi) is 5.47. The summed E-state index contributed by atoms with van der Waals surface area (Å²) in [5.74, 6) is 2.24. The van der Waals surface area contributed by atoms with Crippen LogP contribution in [0.4, 0.5) is 0 Å². The van der Waals surface area contributed by atoms with Gasteiger partial charge in [0.15, 0.2) is 11.5 Å². The smallest absolute Gasteiger partial charge is 0.320 e. The maximum absolute atomic E-state index is 13.0. The molecule has 0 amide bonds. The Morgan fingerprint density at radius 1 is 1.03 bits per heavy atom. The van der Waals surface area contributed by atoms with Gasteiger partial charge in [0.05, 0.1) is 39.5 Å². The Labute approximate surface area is 200 Å². The van der Waals surface area contributed by atoms with Crippen LogP contribution in [0.15, 0.2) is 45.6 Å². The zero-order valence-electron chi connectivity index (χ0n) is 20.1. The van der Waals surface area contributed by atoms with E-state index in [4.69, 9.17) is 28.1 Å². The zero-order valence-corrected chi connectivity index (χ0v) is 20.1. The Morgan fingerprint density at radius 2 is 1.77 bits per heavy atom. The normalized spacial score (nSPS) is 14.5. The molecule has 35 heavy (non-hydrogen) atoms. The van der Waals surface area contributed by atoms with Crippen molar-refractivity contribution in [1.29, 1.82) is 0 Å². The molecule has 9 nitrogen and oxygen atoms in total. The van der Waals surface area contributed by atoms with Gasteiger partial charge in [0.2, 0.25) is 5.58 Å². The molecule has 3 heterocycles. The lowest BCUT2D eigenvalue weighted by Crippen LogP contribution is -2.13. The summed E-state index contributed by atoms with van der Waals surface area (Å²) >= 11 is 0. The van der Waals surface area contributed by atoms with Crippen molar-refractivity contribution in [2.24, 2.45) is 0 Å². The second kappa shape index (κ2) is 8.50. The first-order chi connectivity index (χ1) is 16.9. The lowest BCUT2D eigenvalue weighted by Gasteiger charge is -2.12. The number of nitrogens with zero attached hydrogens (tertiary/aromatic N) is 2. The van der Waals surface area contributed by atoms with Gasteiger partial charge < -0.3 is 28.1 Å². The van der Waals surface area contributed by atoms with Crippen LogP contribution in [-0.2, 0) is 6.42 Å². The van der Waals surface area contributed by atoms with Crippen molar-refractivity contribution in [1.82, 2.24) is 9.97 Å². The van der Waals surface area contributed by atoms with Crippen LogP contribution in [0.3, 0.4) is 0 Å². The van der Waals surface area contributed by atoms with Crippen molar-refractivity contribution in [2.45, 2.75) is 19.4 Å².